The van der Waals surface area contributed by atoms with Crippen molar-refractivity contribution >= 4 is 11.8 Å². The number of rotatable bonds is 4. The zero-order chi connectivity index (χ0) is 21.0. The summed E-state index contributed by atoms with van der Waals surface area (Å²) in [6.07, 6.45) is 9.97. The lowest BCUT2D eigenvalue weighted by Crippen LogP contribution is -2.63. The molecule has 4 aliphatic rings. The van der Waals surface area contributed by atoms with Gasteiger partial charge in [0.05, 0.1) is 7.11 Å². The van der Waals surface area contributed by atoms with Crippen LogP contribution in [0.1, 0.15) is 85.0 Å². The fourth-order valence-electron chi connectivity index (χ4n) is 8.72. The molecule has 1 N–H and O–H groups in total. The zero-order valence-electron chi connectivity index (χ0n) is 18.8. The summed E-state index contributed by atoms with van der Waals surface area (Å²) < 4.78 is 4.82. The van der Waals surface area contributed by atoms with Gasteiger partial charge in [0.25, 0.3) is 0 Å². The molecule has 4 aliphatic carbocycles. The van der Waals surface area contributed by atoms with Crippen LogP contribution in [0.15, 0.2) is 0 Å². The van der Waals surface area contributed by atoms with Crippen LogP contribution in [-0.2, 0) is 14.3 Å². The smallest absolute Gasteiger partial charge is 0.305 e. The Morgan fingerprint density at radius 3 is 2.66 bits per heavy atom. The maximum absolute atomic E-state index is 13.8. The topological polar surface area (TPSA) is 63.6 Å². The summed E-state index contributed by atoms with van der Waals surface area (Å²) in [5, 5.41) is 11.4. The molecule has 0 aromatic carbocycles. The predicted octanol–water partition coefficient (Wildman–Crippen LogP) is 4.77. The Kier molecular flexibility index (Phi) is 5.63. The number of fused-ring (bicyclic) bond motifs is 5. The van der Waals surface area contributed by atoms with Gasteiger partial charge in [0.2, 0.25) is 0 Å². The van der Waals surface area contributed by atoms with Crippen LogP contribution in [-0.4, -0.2) is 30.1 Å². The van der Waals surface area contributed by atoms with Gasteiger partial charge in [-0.25, -0.2) is 0 Å². The van der Waals surface area contributed by atoms with Gasteiger partial charge in [-0.05, 0) is 80.0 Å². The van der Waals surface area contributed by atoms with E-state index in [0.29, 0.717) is 30.1 Å². The van der Waals surface area contributed by atoms with Crippen LogP contribution >= 0.6 is 0 Å². The van der Waals surface area contributed by atoms with Gasteiger partial charge in [-0.1, -0.05) is 33.6 Å². The van der Waals surface area contributed by atoms with Crippen molar-refractivity contribution in [1.82, 2.24) is 0 Å². The first kappa shape index (κ1) is 21.3. The molecule has 4 nitrogen and oxygen atoms in total. The molecule has 0 unspecified atom stereocenters. The average molecular weight is 405 g/mol. The molecule has 29 heavy (non-hydrogen) atoms. The Labute approximate surface area is 176 Å². The minimum absolute atomic E-state index is 0.114. The van der Waals surface area contributed by atoms with Crippen molar-refractivity contribution in [1.29, 1.82) is 0 Å². The van der Waals surface area contributed by atoms with E-state index in [1.807, 2.05) is 0 Å². The molecule has 4 heteroatoms. The van der Waals surface area contributed by atoms with E-state index in [2.05, 4.69) is 20.8 Å². The zero-order valence-corrected chi connectivity index (χ0v) is 18.8. The van der Waals surface area contributed by atoms with Crippen molar-refractivity contribution in [3.05, 3.63) is 0 Å². The highest BCUT2D eigenvalue weighted by atomic mass is 16.5. The van der Waals surface area contributed by atoms with E-state index in [9.17, 15) is 14.7 Å². The summed E-state index contributed by atoms with van der Waals surface area (Å²) in [4.78, 5) is 25.4. The third kappa shape index (κ3) is 3.11. The standard InChI is InChI=1S/C25H40O4/c1-15(8-13-20(26)29-4)18-11-12-19-17-10-9-16-7-5-6-14-24(16,2)21(17)22(27)23(28)25(18,19)3/h15-19,21-22,27H,5-14H2,1-4H3/t15-,16-,17+,18-,19+,21-,22+,24+,25-/m1/s1. The maximum atomic E-state index is 13.8. The van der Waals surface area contributed by atoms with Crippen LogP contribution in [0.3, 0.4) is 0 Å². The fourth-order valence-corrected chi connectivity index (χ4v) is 8.72. The molecule has 0 heterocycles. The molecule has 164 valence electrons. The molecule has 4 fully saturated rings. The van der Waals surface area contributed by atoms with Crippen molar-refractivity contribution in [3.63, 3.8) is 0 Å². The lowest BCUT2D eigenvalue weighted by atomic mass is 9.43. The number of methoxy groups -OCH3 is 1. The van der Waals surface area contributed by atoms with Crippen molar-refractivity contribution in [3.8, 4) is 0 Å². The second-order valence-electron chi connectivity index (χ2n) is 11.2. The summed E-state index contributed by atoms with van der Waals surface area (Å²) in [6, 6.07) is 0. The molecule has 0 amide bonds. The molecule has 0 bridgehead atoms. The van der Waals surface area contributed by atoms with E-state index in [1.54, 1.807) is 0 Å². The number of Topliss-reactive ketones (excluding diaryl/α,β-unsaturated/α-hetero) is 1. The lowest BCUT2D eigenvalue weighted by Gasteiger charge is -2.61. The van der Waals surface area contributed by atoms with Crippen molar-refractivity contribution < 1.29 is 19.4 Å². The second kappa shape index (κ2) is 7.66. The van der Waals surface area contributed by atoms with Crippen LogP contribution in [0.5, 0.6) is 0 Å². The van der Waals surface area contributed by atoms with Crippen molar-refractivity contribution in [2.75, 3.05) is 7.11 Å². The van der Waals surface area contributed by atoms with Crippen molar-refractivity contribution in [2.45, 2.75) is 91.1 Å². The molecule has 0 spiro atoms. The molecule has 0 aromatic heterocycles. The Balaban J connectivity index is 1.60. The Bertz CT molecular complexity index is 659. The predicted molar refractivity (Wildman–Crippen MR) is 112 cm³/mol. The number of aliphatic hydroxyl groups is 1. The summed E-state index contributed by atoms with van der Waals surface area (Å²) in [5.41, 5.74) is -0.305. The average Bonchev–Trinajstić information content (AvgIpc) is 3.07. The third-order valence-corrected chi connectivity index (χ3v) is 10.2. The Morgan fingerprint density at radius 2 is 1.93 bits per heavy atom. The van der Waals surface area contributed by atoms with Crippen LogP contribution in [0.2, 0.25) is 0 Å². The molecule has 4 rings (SSSR count). The summed E-state index contributed by atoms with van der Waals surface area (Å²) in [6.45, 7) is 6.73. The first-order valence-corrected chi connectivity index (χ1v) is 12.0. The number of hydrogen-bond donors (Lipinski definition) is 1. The SMILES string of the molecule is COC(=O)CC[C@@H](C)[C@H]1CC[C@H]2[C@@H]3CC[C@H]4CCCC[C@]4(C)[C@H]3[C@H](O)C(=O)[C@]12C. The summed E-state index contributed by atoms with van der Waals surface area (Å²) in [5.74, 6) is 2.20. The fraction of sp³-hybridized carbons (Fsp3) is 0.920. The first-order chi connectivity index (χ1) is 13.7. The van der Waals surface area contributed by atoms with E-state index in [-0.39, 0.29) is 29.0 Å². The number of aliphatic hydroxyl groups excluding tert-OH is 1. The number of ether oxygens (including phenoxy) is 1. The molecule has 0 aromatic rings. The maximum Gasteiger partial charge on any atom is 0.305 e. The van der Waals surface area contributed by atoms with E-state index < -0.39 is 11.5 Å². The van der Waals surface area contributed by atoms with Crippen LogP contribution in [0.25, 0.3) is 0 Å². The second-order valence-corrected chi connectivity index (χ2v) is 11.2. The molecule has 0 aliphatic heterocycles. The normalized spacial score (nSPS) is 47.7. The first-order valence-electron chi connectivity index (χ1n) is 12.0. The third-order valence-electron chi connectivity index (χ3n) is 10.2. The number of esters is 1. The number of hydrogen-bond acceptors (Lipinski definition) is 4. The molecule has 9 atom stereocenters. The minimum atomic E-state index is -0.805. The number of carbonyl (C=O) groups excluding carboxylic acids is 2. The highest BCUT2D eigenvalue weighted by molar-refractivity contribution is 5.91. The largest absolute Gasteiger partial charge is 0.469 e. The molecule has 4 saturated carbocycles. The van der Waals surface area contributed by atoms with Crippen LogP contribution < -0.4 is 0 Å². The number of ketones is 1. The summed E-state index contributed by atoms with van der Waals surface area (Å²) >= 11 is 0. The minimum Gasteiger partial charge on any atom is -0.469 e. The lowest BCUT2D eigenvalue weighted by molar-refractivity contribution is -0.184. The highest BCUT2D eigenvalue weighted by Crippen LogP contribution is 2.67. The van der Waals surface area contributed by atoms with Gasteiger partial charge in [-0.3, -0.25) is 9.59 Å². The Hall–Kier alpha value is -0.900. The van der Waals surface area contributed by atoms with E-state index >= 15 is 0 Å². The van der Waals surface area contributed by atoms with Gasteiger partial charge >= 0.3 is 5.97 Å². The van der Waals surface area contributed by atoms with Gasteiger partial charge < -0.3 is 9.84 Å². The van der Waals surface area contributed by atoms with Gasteiger partial charge in [-0.2, -0.15) is 0 Å². The quantitative estimate of drug-likeness (QED) is 0.685. The van der Waals surface area contributed by atoms with E-state index in [4.69, 9.17) is 4.74 Å². The van der Waals surface area contributed by atoms with Gasteiger partial charge in [0, 0.05) is 17.8 Å². The van der Waals surface area contributed by atoms with Gasteiger partial charge in [0.15, 0.2) is 5.78 Å². The Morgan fingerprint density at radius 1 is 1.17 bits per heavy atom. The molecule has 0 radical (unpaired) electrons. The number of carbonyl (C=O) groups is 2. The van der Waals surface area contributed by atoms with E-state index in [1.165, 1.54) is 45.6 Å². The molecular weight excluding hydrogens is 364 g/mol. The van der Waals surface area contributed by atoms with Crippen LogP contribution in [0, 0.1) is 46.3 Å². The molecular formula is C25H40O4. The van der Waals surface area contributed by atoms with Crippen LogP contribution in [0.4, 0.5) is 0 Å². The highest BCUT2D eigenvalue weighted by Gasteiger charge is 2.66. The van der Waals surface area contributed by atoms with E-state index in [0.717, 1.165) is 19.3 Å². The molecule has 0 saturated heterocycles. The summed E-state index contributed by atoms with van der Waals surface area (Å²) in [7, 11) is 1.43. The van der Waals surface area contributed by atoms with Gasteiger partial charge in [0.1, 0.15) is 6.10 Å². The van der Waals surface area contributed by atoms with Crippen molar-refractivity contribution in [2.24, 2.45) is 46.3 Å². The monoisotopic (exact) mass is 404 g/mol. The van der Waals surface area contributed by atoms with Gasteiger partial charge in [-0.15, -0.1) is 0 Å².